The number of amides is 2. The number of anilines is 1. The van der Waals surface area contributed by atoms with Gasteiger partial charge >= 0.3 is 6.09 Å². The molecule has 34 heavy (non-hydrogen) atoms. The van der Waals surface area contributed by atoms with E-state index in [1.165, 1.54) is 11.6 Å². The molecule has 2 aromatic rings. The number of carbonyl (C=O) groups is 2. The minimum absolute atomic E-state index is 0.125. The zero-order valence-corrected chi connectivity index (χ0v) is 18.7. The molecule has 0 aliphatic heterocycles. The summed E-state index contributed by atoms with van der Waals surface area (Å²) in [4.78, 5) is 23.8. The van der Waals surface area contributed by atoms with Crippen molar-refractivity contribution in [2.75, 3.05) is 18.5 Å². The van der Waals surface area contributed by atoms with Gasteiger partial charge in [0.05, 0.1) is 12.3 Å². The van der Waals surface area contributed by atoms with Crippen molar-refractivity contribution in [3.05, 3.63) is 83.0 Å². The van der Waals surface area contributed by atoms with Crippen LogP contribution in [0.3, 0.4) is 0 Å². The molecule has 0 aliphatic carbocycles. The topological polar surface area (TPSA) is 117 Å². The Labute approximate surface area is 195 Å². The van der Waals surface area contributed by atoms with E-state index < -0.39 is 29.7 Å². The maximum atomic E-state index is 13.9. The second-order valence-corrected chi connectivity index (χ2v) is 7.34. The van der Waals surface area contributed by atoms with Gasteiger partial charge < -0.3 is 14.6 Å². The van der Waals surface area contributed by atoms with Crippen molar-refractivity contribution in [3.63, 3.8) is 0 Å². The molecule has 1 atom stereocenters. The number of hydrogen-bond donors (Lipinski definition) is 4. The van der Waals surface area contributed by atoms with Crippen LogP contribution in [0.25, 0.3) is 0 Å². The highest BCUT2D eigenvalue weighted by Crippen LogP contribution is 2.28. The van der Waals surface area contributed by atoms with Crippen LogP contribution in [-0.2, 0) is 9.53 Å². The lowest BCUT2D eigenvalue weighted by Crippen LogP contribution is -2.18. The van der Waals surface area contributed by atoms with Crippen molar-refractivity contribution in [3.8, 4) is 5.75 Å². The molecule has 0 saturated carbocycles. The third-order valence-electron chi connectivity index (χ3n) is 4.48. The molecule has 2 aromatic carbocycles. The van der Waals surface area contributed by atoms with Crippen molar-refractivity contribution >= 4 is 17.7 Å². The second-order valence-electron chi connectivity index (χ2n) is 7.34. The van der Waals surface area contributed by atoms with Crippen LogP contribution in [0.5, 0.6) is 5.75 Å². The van der Waals surface area contributed by atoms with Crippen molar-refractivity contribution < 1.29 is 38.2 Å². The molecule has 2 rings (SSSR count). The van der Waals surface area contributed by atoms with E-state index in [2.05, 4.69) is 5.32 Å². The molecule has 2 amide bonds. The van der Waals surface area contributed by atoms with Crippen LogP contribution < -0.4 is 15.5 Å². The van der Waals surface area contributed by atoms with E-state index in [0.29, 0.717) is 23.0 Å². The number of ether oxygens (including phenoxy) is 2. The fourth-order valence-corrected chi connectivity index (χ4v) is 3.05. The maximum Gasteiger partial charge on any atom is 0.412 e. The second kappa shape index (κ2) is 13.1. The van der Waals surface area contributed by atoms with Crippen molar-refractivity contribution in [1.82, 2.24) is 5.48 Å². The predicted molar refractivity (Wildman–Crippen MR) is 120 cm³/mol. The van der Waals surface area contributed by atoms with Crippen LogP contribution in [0.15, 0.2) is 65.8 Å². The molecule has 0 spiro atoms. The minimum Gasteiger partial charge on any atom is -0.491 e. The number of aliphatic hydroxyl groups excluding tert-OH is 1. The third kappa shape index (κ3) is 8.64. The standard InChI is InChI=1S/C24H26F2N2O6/c1-15(11-16(2)13-23(30)28-32)12-22(17-3-6-19(7-4-17)33-10-9-29)34-24(31)27-21-8-5-18(25)14-20(21)26/h3-8,11,13-14,22,29,32H,9-10,12H2,1-2H3,(H,27,31)(H,28,30)/b15-11+,16-13+/t22-/m1/s1. The van der Waals surface area contributed by atoms with E-state index in [1.807, 2.05) is 0 Å². The summed E-state index contributed by atoms with van der Waals surface area (Å²) in [6, 6.07) is 9.38. The Bertz CT molecular complexity index is 1050. The SMILES string of the molecule is CC(=C\C(=O)NO)/C=C(\C)C[C@@H](OC(=O)Nc1ccc(F)cc1F)c1ccc(OCCO)cc1. The summed E-state index contributed by atoms with van der Waals surface area (Å²) in [5.41, 5.74) is 3.17. The number of halogens is 2. The summed E-state index contributed by atoms with van der Waals surface area (Å²) in [6.07, 6.45) is 1.35. The summed E-state index contributed by atoms with van der Waals surface area (Å²) in [5, 5.41) is 19.8. The van der Waals surface area contributed by atoms with E-state index >= 15 is 0 Å². The van der Waals surface area contributed by atoms with Gasteiger partial charge in [-0.05, 0) is 49.2 Å². The summed E-state index contributed by atoms with van der Waals surface area (Å²) in [5.74, 6) is -1.90. The van der Waals surface area contributed by atoms with Gasteiger partial charge in [-0.1, -0.05) is 23.8 Å². The monoisotopic (exact) mass is 476 g/mol. The number of hydrogen-bond acceptors (Lipinski definition) is 6. The van der Waals surface area contributed by atoms with Crippen LogP contribution in [0.1, 0.15) is 31.9 Å². The third-order valence-corrected chi connectivity index (χ3v) is 4.48. The summed E-state index contributed by atoms with van der Waals surface area (Å²) >= 11 is 0. The Morgan fingerprint density at radius 1 is 1.09 bits per heavy atom. The van der Waals surface area contributed by atoms with Crippen LogP contribution in [0.2, 0.25) is 0 Å². The zero-order chi connectivity index (χ0) is 25.1. The van der Waals surface area contributed by atoms with E-state index in [-0.39, 0.29) is 25.3 Å². The molecule has 0 radical (unpaired) electrons. The van der Waals surface area contributed by atoms with Gasteiger partial charge in [0.25, 0.3) is 5.91 Å². The highest BCUT2D eigenvalue weighted by atomic mass is 19.1. The molecule has 182 valence electrons. The van der Waals surface area contributed by atoms with Crippen molar-refractivity contribution in [2.45, 2.75) is 26.4 Å². The van der Waals surface area contributed by atoms with Gasteiger partial charge in [0.15, 0.2) is 0 Å². The van der Waals surface area contributed by atoms with Crippen LogP contribution in [0.4, 0.5) is 19.3 Å². The Morgan fingerprint density at radius 3 is 2.41 bits per heavy atom. The maximum absolute atomic E-state index is 13.9. The summed E-state index contributed by atoms with van der Waals surface area (Å²) in [6.45, 7) is 3.41. The Kier molecular flexibility index (Phi) is 10.2. The molecule has 0 fully saturated rings. The van der Waals surface area contributed by atoms with Crippen LogP contribution in [0, 0.1) is 11.6 Å². The normalized spacial score (nSPS) is 12.6. The fourth-order valence-electron chi connectivity index (χ4n) is 3.05. The summed E-state index contributed by atoms with van der Waals surface area (Å²) in [7, 11) is 0. The van der Waals surface area contributed by atoms with E-state index in [4.69, 9.17) is 19.8 Å². The van der Waals surface area contributed by atoms with Gasteiger partial charge in [0.2, 0.25) is 0 Å². The van der Waals surface area contributed by atoms with E-state index in [9.17, 15) is 18.4 Å². The largest absolute Gasteiger partial charge is 0.491 e. The smallest absolute Gasteiger partial charge is 0.412 e. The lowest BCUT2D eigenvalue weighted by molar-refractivity contribution is -0.124. The first kappa shape index (κ1) is 26.5. The van der Waals surface area contributed by atoms with E-state index in [0.717, 1.165) is 17.7 Å². The highest BCUT2D eigenvalue weighted by molar-refractivity contribution is 5.87. The molecule has 4 N–H and O–H groups in total. The van der Waals surface area contributed by atoms with Gasteiger partial charge in [0.1, 0.15) is 30.1 Å². The number of rotatable bonds is 10. The lowest BCUT2D eigenvalue weighted by Gasteiger charge is -2.20. The first-order valence-corrected chi connectivity index (χ1v) is 10.3. The first-order valence-electron chi connectivity index (χ1n) is 10.3. The van der Waals surface area contributed by atoms with Crippen molar-refractivity contribution in [1.29, 1.82) is 0 Å². The molecule has 0 saturated heterocycles. The molecule has 10 heteroatoms. The number of benzene rings is 2. The van der Waals surface area contributed by atoms with Crippen LogP contribution >= 0.6 is 0 Å². The minimum atomic E-state index is -0.948. The quantitative estimate of drug-likeness (QED) is 0.175. The zero-order valence-electron chi connectivity index (χ0n) is 18.7. The van der Waals surface area contributed by atoms with Gasteiger partial charge in [-0.2, -0.15) is 0 Å². The number of carbonyl (C=O) groups excluding carboxylic acids is 2. The van der Waals surface area contributed by atoms with Crippen LogP contribution in [-0.4, -0.2) is 35.5 Å². The number of aliphatic hydroxyl groups is 1. The molecular formula is C24H26F2N2O6. The van der Waals surface area contributed by atoms with Gasteiger partial charge in [0, 0.05) is 18.6 Å². The fraction of sp³-hybridized carbons (Fsp3) is 0.250. The number of nitrogens with one attached hydrogen (secondary N) is 2. The van der Waals surface area contributed by atoms with Gasteiger partial charge in [-0.3, -0.25) is 15.3 Å². The molecule has 0 aliphatic rings. The van der Waals surface area contributed by atoms with Gasteiger partial charge in [-0.15, -0.1) is 0 Å². The average Bonchev–Trinajstić information content (AvgIpc) is 2.79. The molecule has 8 nitrogen and oxygen atoms in total. The Balaban J connectivity index is 2.23. The predicted octanol–water partition coefficient (Wildman–Crippen LogP) is 4.41. The molecular weight excluding hydrogens is 450 g/mol. The Hall–Kier alpha value is -3.76. The van der Waals surface area contributed by atoms with Gasteiger partial charge in [-0.25, -0.2) is 19.1 Å². The first-order chi connectivity index (χ1) is 16.2. The number of allylic oxidation sites excluding steroid dienone is 2. The molecule has 0 aromatic heterocycles. The Morgan fingerprint density at radius 2 is 1.79 bits per heavy atom. The average molecular weight is 476 g/mol. The number of hydroxylamine groups is 1. The molecule has 0 bridgehead atoms. The van der Waals surface area contributed by atoms with E-state index in [1.54, 1.807) is 44.2 Å². The van der Waals surface area contributed by atoms with Crippen molar-refractivity contribution in [2.24, 2.45) is 0 Å². The molecule has 0 unspecified atom stereocenters. The lowest BCUT2D eigenvalue weighted by atomic mass is 10.0. The highest BCUT2D eigenvalue weighted by Gasteiger charge is 2.19. The molecule has 0 heterocycles. The summed E-state index contributed by atoms with van der Waals surface area (Å²) < 4.78 is 37.9.